The first-order chi connectivity index (χ1) is 12.7. The number of rotatable bonds is 5. The smallest absolute Gasteiger partial charge is 0.312 e. The Labute approximate surface area is 158 Å². The number of esters is 1. The van der Waals surface area contributed by atoms with Gasteiger partial charge in [0.1, 0.15) is 0 Å². The summed E-state index contributed by atoms with van der Waals surface area (Å²) in [5.74, 6) is -0.432. The maximum Gasteiger partial charge on any atom is 0.312 e. The normalized spacial score (nSPS) is 19.7. The Morgan fingerprint density at radius 2 is 2.04 bits per heavy atom. The van der Waals surface area contributed by atoms with Crippen LogP contribution in [0.1, 0.15) is 39.8 Å². The highest BCUT2D eigenvalue weighted by Gasteiger charge is 2.38. The van der Waals surface area contributed by atoms with Crippen LogP contribution in [0, 0.1) is 11.3 Å². The van der Waals surface area contributed by atoms with Gasteiger partial charge in [-0.3, -0.25) is 19.3 Å². The van der Waals surface area contributed by atoms with E-state index in [-0.39, 0.29) is 37.0 Å². The highest BCUT2D eigenvalue weighted by molar-refractivity contribution is 6.20. The van der Waals surface area contributed by atoms with Crippen LogP contribution in [0.3, 0.4) is 0 Å². The molecule has 7 nitrogen and oxygen atoms in total. The Kier molecular flexibility index (Phi) is 5.04. The predicted molar refractivity (Wildman–Crippen MR) is 98.1 cm³/mol. The van der Waals surface area contributed by atoms with E-state index in [1.165, 1.54) is 4.90 Å². The zero-order chi connectivity index (χ0) is 19.8. The molecule has 7 heteroatoms. The summed E-state index contributed by atoms with van der Waals surface area (Å²) in [6.45, 7) is 7.78. The predicted octanol–water partition coefficient (Wildman–Crippen LogP) is 2.23. The quantitative estimate of drug-likeness (QED) is 0.586. The number of hydrogen-bond donors (Lipinski definition) is 0. The standard InChI is InChI=1S/C20H25N3O4/c1-13-5-6-15-16(9-13)18(25)23(17(15)24)8-7-14-10-22(11-21-14)12-27-19(26)20(2,3)4/h5-6,10-11,13H,7-9,12H2,1-4H3. The summed E-state index contributed by atoms with van der Waals surface area (Å²) in [7, 11) is 0. The molecular weight excluding hydrogens is 346 g/mol. The topological polar surface area (TPSA) is 81.5 Å². The molecule has 27 heavy (non-hydrogen) atoms. The Hall–Kier alpha value is -2.70. The zero-order valence-corrected chi connectivity index (χ0v) is 16.2. The molecule has 2 amide bonds. The Bertz CT molecular complexity index is 842. The van der Waals surface area contributed by atoms with Crippen LogP contribution in [-0.2, 0) is 32.3 Å². The minimum Gasteiger partial charge on any atom is -0.443 e. The van der Waals surface area contributed by atoms with Gasteiger partial charge < -0.3 is 9.30 Å². The van der Waals surface area contributed by atoms with Crippen LogP contribution in [0.25, 0.3) is 0 Å². The first kappa shape index (κ1) is 19.1. The van der Waals surface area contributed by atoms with Crippen LogP contribution in [0.5, 0.6) is 0 Å². The van der Waals surface area contributed by atoms with Crippen LogP contribution >= 0.6 is 0 Å². The fourth-order valence-corrected chi connectivity index (χ4v) is 3.05. The monoisotopic (exact) mass is 371 g/mol. The average Bonchev–Trinajstić information content (AvgIpc) is 3.14. The number of allylic oxidation sites excluding steroid dienone is 1. The average molecular weight is 371 g/mol. The molecule has 0 radical (unpaired) electrons. The summed E-state index contributed by atoms with van der Waals surface area (Å²) in [5.41, 5.74) is 1.32. The first-order valence-electron chi connectivity index (χ1n) is 9.12. The number of carbonyl (C=O) groups excluding carboxylic acids is 3. The van der Waals surface area contributed by atoms with E-state index in [1.54, 1.807) is 43.9 Å². The molecule has 2 heterocycles. The van der Waals surface area contributed by atoms with Crippen molar-refractivity contribution in [3.8, 4) is 0 Å². The lowest BCUT2D eigenvalue weighted by Gasteiger charge is -2.16. The second kappa shape index (κ2) is 7.13. The molecule has 144 valence electrons. The molecular formula is C20H25N3O4. The van der Waals surface area contributed by atoms with E-state index < -0.39 is 5.41 Å². The molecule has 0 saturated heterocycles. The molecule has 0 saturated carbocycles. The van der Waals surface area contributed by atoms with E-state index in [0.717, 1.165) is 5.69 Å². The van der Waals surface area contributed by atoms with Gasteiger partial charge in [-0.2, -0.15) is 0 Å². The van der Waals surface area contributed by atoms with Gasteiger partial charge in [0, 0.05) is 30.3 Å². The molecule has 1 aromatic rings. The van der Waals surface area contributed by atoms with Crippen molar-refractivity contribution in [1.29, 1.82) is 0 Å². The van der Waals surface area contributed by atoms with E-state index in [0.29, 0.717) is 24.0 Å². The molecule has 1 aliphatic heterocycles. The molecule has 2 aliphatic rings. The number of amides is 2. The van der Waals surface area contributed by atoms with Crippen molar-refractivity contribution in [2.24, 2.45) is 11.3 Å². The SMILES string of the molecule is CC1C=CC2=C(C1)C(=O)N(CCc1cn(COC(=O)C(C)(C)C)cn1)C2=O. The van der Waals surface area contributed by atoms with E-state index in [9.17, 15) is 14.4 Å². The number of imidazole rings is 1. The minimum atomic E-state index is -0.558. The zero-order valence-electron chi connectivity index (χ0n) is 16.2. The highest BCUT2D eigenvalue weighted by atomic mass is 16.5. The van der Waals surface area contributed by atoms with Crippen LogP contribution < -0.4 is 0 Å². The van der Waals surface area contributed by atoms with Crippen LogP contribution in [0.15, 0.2) is 35.8 Å². The summed E-state index contributed by atoms with van der Waals surface area (Å²) in [6, 6.07) is 0. The molecule has 0 N–H and O–H groups in total. The van der Waals surface area contributed by atoms with Crippen molar-refractivity contribution in [1.82, 2.24) is 14.5 Å². The third kappa shape index (κ3) is 4.02. The summed E-state index contributed by atoms with van der Waals surface area (Å²) in [4.78, 5) is 42.4. The Morgan fingerprint density at radius 3 is 2.74 bits per heavy atom. The Balaban J connectivity index is 1.55. The van der Waals surface area contributed by atoms with Crippen molar-refractivity contribution >= 4 is 17.8 Å². The van der Waals surface area contributed by atoms with Crippen molar-refractivity contribution in [3.63, 3.8) is 0 Å². The lowest BCUT2D eigenvalue weighted by Crippen LogP contribution is -2.33. The summed E-state index contributed by atoms with van der Waals surface area (Å²) in [5, 5.41) is 0. The molecule has 1 atom stereocenters. The largest absolute Gasteiger partial charge is 0.443 e. The number of nitrogens with zero attached hydrogens (tertiary/aromatic N) is 3. The third-order valence-corrected chi connectivity index (χ3v) is 4.66. The van der Waals surface area contributed by atoms with Crippen LogP contribution in [0.4, 0.5) is 0 Å². The minimum absolute atomic E-state index is 0.0865. The van der Waals surface area contributed by atoms with Gasteiger partial charge in [0.2, 0.25) is 0 Å². The molecule has 0 fully saturated rings. The van der Waals surface area contributed by atoms with Crippen molar-refractivity contribution in [2.45, 2.75) is 47.3 Å². The number of carbonyl (C=O) groups is 3. The summed E-state index contributed by atoms with van der Waals surface area (Å²) in [6.07, 6.45) is 8.14. The van der Waals surface area contributed by atoms with Gasteiger partial charge in [-0.05, 0) is 33.1 Å². The van der Waals surface area contributed by atoms with Crippen molar-refractivity contribution in [3.05, 3.63) is 41.5 Å². The number of ether oxygens (including phenoxy) is 1. The van der Waals surface area contributed by atoms with Gasteiger partial charge in [0.25, 0.3) is 11.8 Å². The van der Waals surface area contributed by atoms with Crippen molar-refractivity contribution in [2.75, 3.05) is 6.54 Å². The molecule has 1 aromatic heterocycles. The fourth-order valence-electron chi connectivity index (χ4n) is 3.05. The van der Waals surface area contributed by atoms with E-state index in [1.807, 2.05) is 13.0 Å². The second-order valence-electron chi connectivity index (χ2n) is 8.13. The van der Waals surface area contributed by atoms with Gasteiger partial charge in [-0.1, -0.05) is 19.1 Å². The number of imide groups is 1. The molecule has 0 bridgehead atoms. The fraction of sp³-hybridized carbons (Fsp3) is 0.500. The van der Waals surface area contributed by atoms with Gasteiger partial charge in [0.05, 0.1) is 17.4 Å². The highest BCUT2D eigenvalue weighted by Crippen LogP contribution is 2.31. The van der Waals surface area contributed by atoms with E-state index in [2.05, 4.69) is 4.98 Å². The third-order valence-electron chi connectivity index (χ3n) is 4.66. The van der Waals surface area contributed by atoms with Gasteiger partial charge >= 0.3 is 5.97 Å². The molecule has 1 unspecified atom stereocenters. The molecule has 1 aliphatic carbocycles. The molecule has 3 rings (SSSR count). The van der Waals surface area contributed by atoms with Gasteiger partial charge in [-0.25, -0.2) is 4.98 Å². The van der Waals surface area contributed by atoms with E-state index >= 15 is 0 Å². The van der Waals surface area contributed by atoms with Crippen molar-refractivity contribution < 1.29 is 19.1 Å². The van der Waals surface area contributed by atoms with Crippen LogP contribution in [0.2, 0.25) is 0 Å². The van der Waals surface area contributed by atoms with Crippen LogP contribution in [-0.4, -0.2) is 38.8 Å². The summed E-state index contributed by atoms with van der Waals surface area (Å²) < 4.78 is 6.91. The first-order valence-corrected chi connectivity index (χ1v) is 9.12. The number of hydrogen-bond acceptors (Lipinski definition) is 5. The lowest BCUT2D eigenvalue weighted by atomic mass is 9.92. The molecule has 0 aromatic carbocycles. The second-order valence-corrected chi connectivity index (χ2v) is 8.13. The Morgan fingerprint density at radius 1 is 1.30 bits per heavy atom. The summed E-state index contributed by atoms with van der Waals surface area (Å²) >= 11 is 0. The van der Waals surface area contributed by atoms with Gasteiger partial charge in [0.15, 0.2) is 6.73 Å². The lowest BCUT2D eigenvalue weighted by molar-refractivity contribution is -0.157. The number of aromatic nitrogens is 2. The molecule has 0 spiro atoms. The maximum atomic E-state index is 12.5. The van der Waals surface area contributed by atoms with E-state index in [4.69, 9.17) is 4.74 Å². The maximum absolute atomic E-state index is 12.5. The van der Waals surface area contributed by atoms with Gasteiger partial charge in [-0.15, -0.1) is 0 Å².